The Kier molecular flexibility index (Phi) is 5.60. The molecule has 0 aromatic heterocycles. The first-order valence-electron chi connectivity index (χ1n) is 7.61. The van der Waals surface area contributed by atoms with Crippen LogP contribution in [0.5, 0.6) is 0 Å². The fraction of sp³-hybridized carbons (Fsp3) is 0.588. The summed E-state index contributed by atoms with van der Waals surface area (Å²) in [5.41, 5.74) is 1.43. The van der Waals surface area contributed by atoms with Gasteiger partial charge in [0.05, 0.1) is 6.10 Å². The van der Waals surface area contributed by atoms with E-state index in [9.17, 15) is 4.79 Å². The summed E-state index contributed by atoms with van der Waals surface area (Å²) in [4.78, 5) is 11.7. The third kappa shape index (κ3) is 4.64. The molecule has 0 saturated heterocycles. The Morgan fingerprint density at radius 1 is 1.20 bits per heavy atom. The molecule has 0 spiro atoms. The zero-order valence-electron chi connectivity index (χ0n) is 12.5. The smallest absolute Gasteiger partial charge is 0.246 e. The van der Waals surface area contributed by atoms with Crippen molar-refractivity contribution in [2.75, 3.05) is 6.61 Å². The van der Waals surface area contributed by atoms with Gasteiger partial charge in [-0.15, -0.1) is 0 Å². The minimum Gasteiger partial charge on any atom is -0.369 e. The number of carbonyl (C=O) groups is 1. The number of amides is 1. The zero-order valence-corrected chi connectivity index (χ0v) is 12.5. The molecule has 0 radical (unpaired) electrons. The van der Waals surface area contributed by atoms with Gasteiger partial charge in [0.2, 0.25) is 5.91 Å². The van der Waals surface area contributed by atoms with Crippen LogP contribution in [-0.2, 0) is 9.53 Å². The highest BCUT2D eigenvalue weighted by atomic mass is 16.5. The van der Waals surface area contributed by atoms with Crippen LogP contribution in [0, 0.1) is 0 Å². The highest BCUT2D eigenvalue weighted by Crippen LogP contribution is 2.32. The number of benzene rings is 1. The normalized spacial score (nSPS) is 22.8. The van der Waals surface area contributed by atoms with Gasteiger partial charge >= 0.3 is 0 Å². The number of carbonyl (C=O) groups excluding carboxylic acids is 1. The largest absolute Gasteiger partial charge is 0.369 e. The minimum atomic E-state index is 0.0156. The third-order valence-corrected chi connectivity index (χ3v) is 3.91. The molecule has 20 heavy (non-hydrogen) atoms. The topological polar surface area (TPSA) is 38.3 Å². The highest BCUT2D eigenvalue weighted by molar-refractivity contribution is 5.77. The summed E-state index contributed by atoms with van der Waals surface area (Å²) in [6.45, 7) is 4.06. The van der Waals surface area contributed by atoms with Gasteiger partial charge in [0.1, 0.15) is 6.61 Å². The zero-order chi connectivity index (χ0) is 14.4. The Balaban J connectivity index is 1.73. The summed E-state index contributed by atoms with van der Waals surface area (Å²) in [5.74, 6) is 0.665. The van der Waals surface area contributed by atoms with E-state index < -0.39 is 0 Å². The van der Waals surface area contributed by atoms with Crippen LogP contribution >= 0.6 is 0 Å². The summed E-state index contributed by atoms with van der Waals surface area (Å²) < 4.78 is 5.32. The molecule has 3 nitrogen and oxygen atoms in total. The molecule has 0 aliphatic heterocycles. The van der Waals surface area contributed by atoms with Crippen LogP contribution in [0.1, 0.15) is 51.0 Å². The van der Waals surface area contributed by atoms with E-state index >= 15 is 0 Å². The average Bonchev–Trinajstić information content (AvgIpc) is 2.47. The third-order valence-electron chi connectivity index (χ3n) is 3.91. The van der Waals surface area contributed by atoms with Gasteiger partial charge in [-0.1, -0.05) is 30.3 Å². The molecule has 3 heteroatoms. The monoisotopic (exact) mass is 275 g/mol. The molecule has 1 N–H and O–H groups in total. The van der Waals surface area contributed by atoms with Gasteiger partial charge in [0, 0.05) is 6.04 Å². The molecule has 0 heterocycles. The molecule has 1 aliphatic rings. The Morgan fingerprint density at radius 3 is 2.45 bits per heavy atom. The Hall–Kier alpha value is -1.35. The predicted octanol–water partition coefficient (Wildman–Crippen LogP) is 3.25. The number of nitrogens with one attached hydrogen (secondary N) is 1. The standard InChI is InChI=1S/C17H25NO2/c1-13(2)20-12-17(19)18-16-10-8-15(9-11-16)14-6-4-3-5-7-14/h3-7,13,15-16H,8-12H2,1-2H3,(H,18,19). The first-order valence-corrected chi connectivity index (χ1v) is 7.61. The number of hydrogen-bond acceptors (Lipinski definition) is 2. The molecule has 0 unspecified atom stereocenters. The second kappa shape index (κ2) is 7.44. The molecule has 1 fully saturated rings. The minimum absolute atomic E-state index is 0.0156. The first-order chi connectivity index (χ1) is 9.65. The average molecular weight is 275 g/mol. The van der Waals surface area contributed by atoms with Crippen molar-refractivity contribution in [1.82, 2.24) is 5.32 Å². The van der Waals surface area contributed by atoms with E-state index in [-0.39, 0.29) is 18.6 Å². The van der Waals surface area contributed by atoms with Crippen molar-refractivity contribution in [2.24, 2.45) is 0 Å². The second-order valence-electron chi connectivity index (χ2n) is 5.89. The Morgan fingerprint density at radius 2 is 1.85 bits per heavy atom. The van der Waals surface area contributed by atoms with Crippen molar-refractivity contribution in [3.63, 3.8) is 0 Å². The van der Waals surface area contributed by atoms with Gasteiger partial charge in [0.15, 0.2) is 0 Å². The lowest BCUT2D eigenvalue weighted by Crippen LogP contribution is -2.39. The highest BCUT2D eigenvalue weighted by Gasteiger charge is 2.23. The number of ether oxygens (including phenoxy) is 1. The maximum absolute atomic E-state index is 11.7. The van der Waals surface area contributed by atoms with Gasteiger partial charge in [-0.2, -0.15) is 0 Å². The van der Waals surface area contributed by atoms with Gasteiger partial charge in [-0.25, -0.2) is 0 Å². The van der Waals surface area contributed by atoms with Crippen molar-refractivity contribution in [3.8, 4) is 0 Å². The lowest BCUT2D eigenvalue weighted by molar-refractivity contribution is -0.128. The van der Waals surface area contributed by atoms with Gasteiger partial charge < -0.3 is 10.1 Å². The van der Waals surface area contributed by atoms with Crippen LogP contribution < -0.4 is 5.32 Å². The van der Waals surface area contributed by atoms with E-state index in [1.54, 1.807) is 0 Å². The maximum Gasteiger partial charge on any atom is 0.246 e. The van der Waals surface area contributed by atoms with Crippen molar-refractivity contribution in [3.05, 3.63) is 35.9 Å². The van der Waals surface area contributed by atoms with E-state index in [0.717, 1.165) is 25.7 Å². The summed E-state index contributed by atoms with van der Waals surface area (Å²) in [6, 6.07) is 11.0. The molecule has 2 rings (SSSR count). The van der Waals surface area contributed by atoms with Gasteiger partial charge in [0.25, 0.3) is 0 Å². The van der Waals surface area contributed by atoms with Crippen LogP contribution in [0.25, 0.3) is 0 Å². The molecular formula is C17H25NO2. The molecule has 0 atom stereocenters. The quantitative estimate of drug-likeness (QED) is 0.895. The summed E-state index contributed by atoms with van der Waals surface area (Å²) in [6.07, 6.45) is 4.54. The molecule has 1 aromatic carbocycles. The number of hydrogen-bond donors (Lipinski definition) is 1. The summed E-state index contributed by atoms with van der Waals surface area (Å²) in [5, 5.41) is 3.08. The van der Waals surface area contributed by atoms with E-state index in [1.807, 2.05) is 13.8 Å². The van der Waals surface area contributed by atoms with Crippen LogP contribution in [0.15, 0.2) is 30.3 Å². The molecule has 1 amide bonds. The van der Waals surface area contributed by atoms with E-state index in [2.05, 4.69) is 35.6 Å². The fourth-order valence-corrected chi connectivity index (χ4v) is 2.81. The van der Waals surface area contributed by atoms with Crippen LogP contribution in [-0.4, -0.2) is 24.7 Å². The van der Waals surface area contributed by atoms with Crippen LogP contribution in [0.2, 0.25) is 0 Å². The molecule has 1 aliphatic carbocycles. The summed E-state index contributed by atoms with van der Waals surface area (Å²) >= 11 is 0. The first kappa shape index (κ1) is 15.0. The fourth-order valence-electron chi connectivity index (χ4n) is 2.81. The molecule has 110 valence electrons. The van der Waals surface area contributed by atoms with Crippen molar-refractivity contribution >= 4 is 5.91 Å². The Labute approximate surface area is 121 Å². The SMILES string of the molecule is CC(C)OCC(=O)NC1CCC(c2ccccc2)CC1. The molecule has 1 aromatic rings. The van der Waals surface area contributed by atoms with Crippen molar-refractivity contribution in [1.29, 1.82) is 0 Å². The second-order valence-corrected chi connectivity index (χ2v) is 5.89. The van der Waals surface area contributed by atoms with Crippen molar-refractivity contribution < 1.29 is 9.53 Å². The maximum atomic E-state index is 11.7. The lowest BCUT2D eigenvalue weighted by Gasteiger charge is -2.29. The van der Waals surface area contributed by atoms with E-state index in [4.69, 9.17) is 4.74 Å². The Bertz CT molecular complexity index is 408. The van der Waals surface area contributed by atoms with Crippen molar-refractivity contribution in [2.45, 2.75) is 57.6 Å². The van der Waals surface area contributed by atoms with Gasteiger partial charge in [-0.05, 0) is 51.0 Å². The van der Waals surface area contributed by atoms with Crippen LogP contribution in [0.3, 0.4) is 0 Å². The molecular weight excluding hydrogens is 250 g/mol. The number of rotatable bonds is 5. The summed E-state index contributed by atoms with van der Waals surface area (Å²) in [7, 11) is 0. The molecule has 0 bridgehead atoms. The lowest BCUT2D eigenvalue weighted by atomic mass is 9.82. The van der Waals surface area contributed by atoms with Crippen LogP contribution in [0.4, 0.5) is 0 Å². The van der Waals surface area contributed by atoms with E-state index in [0.29, 0.717) is 12.0 Å². The van der Waals surface area contributed by atoms with Gasteiger partial charge in [-0.3, -0.25) is 4.79 Å². The molecule has 1 saturated carbocycles. The van der Waals surface area contributed by atoms with E-state index in [1.165, 1.54) is 5.56 Å². The predicted molar refractivity (Wildman–Crippen MR) is 80.7 cm³/mol.